The van der Waals surface area contributed by atoms with Gasteiger partial charge in [0.25, 0.3) is 5.91 Å². The Balaban J connectivity index is 1.52. The molecule has 1 aliphatic rings. The largest absolute Gasteiger partial charge is 0.511 e. The van der Waals surface area contributed by atoms with E-state index < -0.39 is 23.7 Å². The van der Waals surface area contributed by atoms with Gasteiger partial charge < -0.3 is 14.9 Å². The van der Waals surface area contributed by atoms with Crippen LogP contribution in [0.25, 0.3) is 11.1 Å². The lowest BCUT2D eigenvalue weighted by molar-refractivity contribution is -0.111. The summed E-state index contributed by atoms with van der Waals surface area (Å²) < 4.78 is 33.8. The van der Waals surface area contributed by atoms with Gasteiger partial charge in [-0.1, -0.05) is 43.3 Å². The number of nitrogens with zero attached hydrogens (tertiary/aromatic N) is 2. The highest BCUT2D eigenvalue weighted by molar-refractivity contribution is 6.55. The Labute approximate surface area is 221 Å². The molecule has 196 valence electrons. The Bertz CT molecular complexity index is 1640. The van der Waals surface area contributed by atoms with Crippen molar-refractivity contribution in [3.63, 3.8) is 0 Å². The van der Waals surface area contributed by atoms with E-state index in [0.717, 1.165) is 23.0 Å². The molecule has 8 nitrogen and oxygen atoms in total. The van der Waals surface area contributed by atoms with Gasteiger partial charge in [-0.2, -0.15) is 5.10 Å². The number of hydrogen-bond donors (Lipinski definition) is 3. The number of hydrazone groups is 1. The van der Waals surface area contributed by atoms with Crippen LogP contribution in [0.1, 0.15) is 18.1 Å². The van der Waals surface area contributed by atoms with Crippen molar-refractivity contribution in [1.82, 2.24) is 0 Å². The monoisotopic (exact) mass is 529 g/mol. The zero-order chi connectivity index (χ0) is 27.7. The van der Waals surface area contributed by atoms with Crippen molar-refractivity contribution in [2.24, 2.45) is 5.10 Å². The molecule has 1 amide bonds. The second kappa shape index (κ2) is 10.3. The molecule has 0 bridgehead atoms. The Morgan fingerprint density at radius 1 is 1.00 bits per heavy atom. The molecule has 10 heteroatoms. The number of carbonyl (C=O) groups is 2. The van der Waals surface area contributed by atoms with Crippen LogP contribution in [0.3, 0.4) is 0 Å². The number of carboxylic acid groups (broad SMARTS) is 1. The van der Waals surface area contributed by atoms with Crippen molar-refractivity contribution in [2.45, 2.75) is 13.3 Å². The summed E-state index contributed by atoms with van der Waals surface area (Å²) in [5.41, 5.74) is 4.51. The van der Waals surface area contributed by atoms with Gasteiger partial charge in [0.15, 0.2) is 11.5 Å². The number of rotatable bonds is 6. The third kappa shape index (κ3) is 4.87. The molecule has 3 N–H and O–H groups in total. The molecular weight excluding hydrogens is 508 g/mol. The summed E-state index contributed by atoms with van der Waals surface area (Å²) in [4.78, 5) is 25.4. The van der Waals surface area contributed by atoms with Crippen LogP contribution >= 0.6 is 0 Å². The number of benzene rings is 4. The van der Waals surface area contributed by atoms with E-state index in [4.69, 9.17) is 5.11 Å². The van der Waals surface area contributed by atoms with Gasteiger partial charge in [-0.15, -0.1) is 0 Å². The number of aromatic hydroxyl groups is 1. The van der Waals surface area contributed by atoms with Crippen LogP contribution in [0.15, 0.2) is 84.0 Å². The SMILES string of the molecule is CCc1ccc(N2C(=O)C(=NNc3cccc(-c4cccc(OC(=O)O)c4)c3O)c3cc(F)cc(F)c32)cc1. The number of phenols is 1. The van der Waals surface area contributed by atoms with Crippen molar-refractivity contribution < 1.29 is 33.3 Å². The van der Waals surface area contributed by atoms with Gasteiger partial charge in [-0.3, -0.25) is 15.1 Å². The highest BCUT2D eigenvalue weighted by Gasteiger charge is 2.38. The fourth-order valence-corrected chi connectivity index (χ4v) is 4.34. The summed E-state index contributed by atoms with van der Waals surface area (Å²) in [6.07, 6.45) is -0.701. The predicted octanol–water partition coefficient (Wildman–Crippen LogP) is 6.45. The number of carbonyl (C=O) groups excluding carboxylic acids is 1. The molecule has 4 aromatic rings. The number of anilines is 3. The fraction of sp³-hybridized carbons (Fsp3) is 0.0690. The van der Waals surface area contributed by atoms with E-state index in [-0.39, 0.29) is 34.1 Å². The molecule has 0 spiro atoms. The Hall–Kier alpha value is -5.25. The summed E-state index contributed by atoms with van der Waals surface area (Å²) in [6.45, 7) is 1.98. The molecule has 0 radical (unpaired) electrons. The van der Waals surface area contributed by atoms with Crippen molar-refractivity contribution in [1.29, 1.82) is 0 Å². The maximum Gasteiger partial charge on any atom is 0.511 e. The summed E-state index contributed by atoms with van der Waals surface area (Å²) >= 11 is 0. The zero-order valence-electron chi connectivity index (χ0n) is 20.5. The van der Waals surface area contributed by atoms with Crippen molar-refractivity contribution in [3.8, 4) is 22.6 Å². The van der Waals surface area contributed by atoms with Crippen LogP contribution in [0, 0.1) is 11.6 Å². The van der Waals surface area contributed by atoms with E-state index in [1.807, 2.05) is 19.1 Å². The molecule has 1 heterocycles. The van der Waals surface area contributed by atoms with Crippen LogP contribution < -0.4 is 15.1 Å². The van der Waals surface area contributed by atoms with Gasteiger partial charge in [0, 0.05) is 22.9 Å². The van der Waals surface area contributed by atoms with Gasteiger partial charge in [0.05, 0.1) is 11.4 Å². The molecule has 0 fully saturated rings. The summed E-state index contributed by atoms with van der Waals surface area (Å²) in [5, 5.41) is 23.9. The first-order valence-electron chi connectivity index (χ1n) is 11.9. The molecule has 0 saturated carbocycles. The van der Waals surface area contributed by atoms with E-state index in [0.29, 0.717) is 22.9 Å². The van der Waals surface area contributed by atoms with Crippen molar-refractivity contribution in [3.05, 3.63) is 102 Å². The second-order valence-electron chi connectivity index (χ2n) is 8.61. The molecule has 1 aliphatic heterocycles. The summed E-state index contributed by atoms with van der Waals surface area (Å²) in [5.74, 6) is -2.67. The molecule has 39 heavy (non-hydrogen) atoms. The van der Waals surface area contributed by atoms with Crippen LogP contribution in [0.5, 0.6) is 11.5 Å². The quantitative estimate of drug-likeness (QED) is 0.115. The van der Waals surface area contributed by atoms with Gasteiger partial charge in [0.2, 0.25) is 0 Å². The number of halogens is 2. The maximum absolute atomic E-state index is 15.0. The average molecular weight is 529 g/mol. The number of nitrogens with one attached hydrogen (secondary N) is 1. The minimum atomic E-state index is -1.48. The third-order valence-corrected chi connectivity index (χ3v) is 6.19. The molecule has 0 unspecified atom stereocenters. The fourth-order valence-electron chi connectivity index (χ4n) is 4.34. The zero-order valence-corrected chi connectivity index (χ0v) is 20.5. The first-order valence-corrected chi connectivity index (χ1v) is 11.9. The minimum absolute atomic E-state index is 0.0428. The number of hydrogen-bond acceptors (Lipinski definition) is 6. The molecule has 0 atom stereocenters. The van der Waals surface area contributed by atoms with E-state index in [2.05, 4.69) is 15.3 Å². The highest BCUT2D eigenvalue weighted by Crippen LogP contribution is 2.40. The Morgan fingerprint density at radius 2 is 1.74 bits per heavy atom. The number of ether oxygens (including phenoxy) is 1. The Morgan fingerprint density at radius 3 is 2.46 bits per heavy atom. The molecule has 0 aromatic heterocycles. The lowest BCUT2D eigenvalue weighted by atomic mass is 10.0. The smallest absolute Gasteiger partial charge is 0.505 e. The molecule has 0 aliphatic carbocycles. The highest BCUT2D eigenvalue weighted by atomic mass is 19.1. The molecule has 4 aromatic carbocycles. The number of amides is 1. The summed E-state index contributed by atoms with van der Waals surface area (Å²) in [6, 6.07) is 19.5. The second-order valence-corrected chi connectivity index (χ2v) is 8.61. The number of aryl methyl sites for hydroxylation is 1. The average Bonchev–Trinajstić information content (AvgIpc) is 3.19. The van der Waals surface area contributed by atoms with Gasteiger partial charge >= 0.3 is 6.16 Å². The number of fused-ring (bicyclic) bond motifs is 1. The van der Waals surface area contributed by atoms with E-state index in [9.17, 15) is 23.5 Å². The first-order chi connectivity index (χ1) is 18.8. The van der Waals surface area contributed by atoms with Gasteiger partial charge in [-0.05, 0) is 53.9 Å². The predicted molar refractivity (Wildman–Crippen MR) is 142 cm³/mol. The van der Waals surface area contributed by atoms with Crippen LogP contribution in [-0.4, -0.2) is 28.0 Å². The van der Waals surface area contributed by atoms with E-state index in [1.165, 1.54) is 18.2 Å². The molecule has 0 saturated heterocycles. The minimum Gasteiger partial charge on any atom is -0.505 e. The van der Waals surface area contributed by atoms with Crippen LogP contribution in [-0.2, 0) is 11.2 Å². The normalized spacial score (nSPS) is 13.5. The van der Waals surface area contributed by atoms with Crippen molar-refractivity contribution >= 4 is 34.8 Å². The van der Waals surface area contributed by atoms with Crippen LogP contribution in [0.2, 0.25) is 0 Å². The Kier molecular flexibility index (Phi) is 6.68. The molecular formula is C29H21F2N3O5. The number of para-hydroxylation sites is 1. The first kappa shape index (κ1) is 25.4. The number of phenolic OH excluding ortho intramolecular Hbond substituents is 1. The van der Waals surface area contributed by atoms with E-state index >= 15 is 0 Å². The van der Waals surface area contributed by atoms with Crippen LogP contribution in [0.4, 0.5) is 30.6 Å². The van der Waals surface area contributed by atoms with E-state index in [1.54, 1.807) is 36.4 Å². The topological polar surface area (TPSA) is 111 Å². The van der Waals surface area contributed by atoms with Crippen molar-refractivity contribution in [2.75, 3.05) is 10.3 Å². The van der Waals surface area contributed by atoms with Gasteiger partial charge in [-0.25, -0.2) is 13.6 Å². The molecule has 5 rings (SSSR count). The summed E-state index contributed by atoms with van der Waals surface area (Å²) in [7, 11) is 0. The standard InChI is InChI=1S/C29H21F2N3O5/c1-2-16-9-11-19(12-10-16)34-26-22(14-18(30)15-23(26)31)25(28(34)36)33-32-24-8-4-7-21(27(24)35)17-5-3-6-20(13-17)39-29(37)38/h3-15,32,35H,2H2,1H3,(H,37,38). The van der Waals surface area contributed by atoms with Gasteiger partial charge in [0.1, 0.15) is 17.3 Å². The third-order valence-electron chi connectivity index (χ3n) is 6.19. The maximum atomic E-state index is 15.0. The lowest BCUT2D eigenvalue weighted by Gasteiger charge is -2.18. The lowest BCUT2D eigenvalue weighted by Crippen LogP contribution is -2.26.